The van der Waals surface area contributed by atoms with Gasteiger partial charge in [0.1, 0.15) is 6.54 Å². The zero-order valence-corrected chi connectivity index (χ0v) is 11.5. The lowest BCUT2D eigenvalue weighted by Gasteiger charge is -2.14. The number of carboxylic acids is 1. The van der Waals surface area contributed by atoms with E-state index in [4.69, 9.17) is 5.11 Å². The monoisotopic (exact) mass is 279 g/mol. The zero-order chi connectivity index (χ0) is 15.1. The Balaban J connectivity index is 2.51. The molecule has 0 unspecified atom stereocenters. The van der Waals surface area contributed by atoms with Crippen LogP contribution >= 0.6 is 0 Å². The number of nitrogens with zero attached hydrogens (tertiary/aromatic N) is 1. The van der Waals surface area contributed by atoms with E-state index in [1.165, 1.54) is 19.1 Å². The number of amides is 1. The highest BCUT2D eigenvalue weighted by Crippen LogP contribution is 2.08. The third-order valence-electron chi connectivity index (χ3n) is 2.80. The molecule has 0 saturated carbocycles. The number of esters is 1. The van der Waals surface area contributed by atoms with Crippen LogP contribution in [-0.2, 0) is 20.7 Å². The Kier molecular flexibility index (Phi) is 5.71. The van der Waals surface area contributed by atoms with Gasteiger partial charge in [-0.3, -0.25) is 9.59 Å². The Bertz CT molecular complexity index is 495. The number of hydrogen-bond donors (Lipinski definition) is 1. The molecule has 0 aliphatic carbocycles. The van der Waals surface area contributed by atoms with Crippen LogP contribution in [0, 0.1) is 0 Å². The standard InChI is InChI=1S/C14H17NO5/c1-15(9-13(17)18)12(16)8-5-10-3-6-11(7-4-10)14(19)20-2/h3-4,6-7H,5,8-9H2,1-2H3,(H,17,18). The molecular weight excluding hydrogens is 262 g/mol. The third kappa shape index (κ3) is 4.72. The Labute approximate surface area is 117 Å². The predicted octanol–water partition coefficient (Wildman–Crippen LogP) is 0.949. The van der Waals surface area contributed by atoms with Crippen LogP contribution < -0.4 is 0 Å². The van der Waals surface area contributed by atoms with Gasteiger partial charge < -0.3 is 14.7 Å². The minimum absolute atomic E-state index is 0.224. The minimum Gasteiger partial charge on any atom is -0.480 e. The summed E-state index contributed by atoms with van der Waals surface area (Å²) in [6.45, 7) is -0.305. The lowest BCUT2D eigenvalue weighted by atomic mass is 10.1. The molecule has 0 atom stereocenters. The molecule has 0 aromatic heterocycles. The molecule has 6 heteroatoms. The van der Waals surface area contributed by atoms with E-state index in [9.17, 15) is 14.4 Å². The molecule has 0 radical (unpaired) electrons. The third-order valence-corrected chi connectivity index (χ3v) is 2.80. The predicted molar refractivity (Wildman–Crippen MR) is 71.4 cm³/mol. The first kappa shape index (κ1) is 15.7. The highest BCUT2D eigenvalue weighted by atomic mass is 16.5. The van der Waals surface area contributed by atoms with Crippen LogP contribution in [0.25, 0.3) is 0 Å². The number of rotatable bonds is 6. The molecule has 108 valence electrons. The van der Waals surface area contributed by atoms with Gasteiger partial charge in [0.25, 0.3) is 0 Å². The molecule has 1 rings (SSSR count). The highest BCUT2D eigenvalue weighted by molar-refractivity contribution is 5.89. The maximum atomic E-state index is 11.7. The van der Waals surface area contributed by atoms with Gasteiger partial charge in [0.15, 0.2) is 0 Å². The summed E-state index contributed by atoms with van der Waals surface area (Å²) >= 11 is 0. The van der Waals surface area contributed by atoms with Gasteiger partial charge in [0.2, 0.25) is 5.91 Å². The van der Waals surface area contributed by atoms with Crippen LogP contribution in [0.2, 0.25) is 0 Å². The Hall–Kier alpha value is -2.37. The van der Waals surface area contributed by atoms with Gasteiger partial charge in [-0.1, -0.05) is 12.1 Å². The number of methoxy groups -OCH3 is 1. The van der Waals surface area contributed by atoms with E-state index >= 15 is 0 Å². The van der Waals surface area contributed by atoms with Gasteiger partial charge in [-0.05, 0) is 24.1 Å². The number of aryl methyl sites for hydroxylation is 1. The van der Waals surface area contributed by atoms with E-state index in [2.05, 4.69) is 4.74 Å². The molecule has 1 aromatic rings. The van der Waals surface area contributed by atoms with Crippen LogP contribution in [0.5, 0.6) is 0 Å². The highest BCUT2D eigenvalue weighted by Gasteiger charge is 2.12. The number of benzene rings is 1. The van der Waals surface area contributed by atoms with Crippen LogP contribution in [0.3, 0.4) is 0 Å². The second kappa shape index (κ2) is 7.28. The van der Waals surface area contributed by atoms with Gasteiger partial charge in [0, 0.05) is 13.5 Å². The van der Waals surface area contributed by atoms with E-state index in [1.54, 1.807) is 24.3 Å². The van der Waals surface area contributed by atoms with Crippen molar-refractivity contribution in [3.05, 3.63) is 35.4 Å². The van der Waals surface area contributed by atoms with Crippen molar-refractivity contribution in [3.63, 3.8) is 0 Å². The average molecular weight is 279 g/mol. The molecule has 20 heavy (non-hydrogen) atoms. The average Bonchev–Trinajstić information content (AvgIpc) is 2.43. The molecule has 0 bridgehead atoms. The summed E-state index contributed by atoms with van der Waals surface area (Å²) in [5.41, 5.74) is 1.35. The van der Waals surface area contributed by atoms with Crippen LogP contribution in [0.15, 0.2) is 24.3 Å². The molecule has 0 heterocycles. The van der Waals surface area contributed by atoms with Crippen LogP contribution in [0.4, 0.5) is 0 Å². The number of carboxylic acid groups (broad SMARTS) is 1. The first-order valence-electron chi connectivity index (χ1n) is 6.07. The lowest BCUT2D eigenvalue weighted by molar-refractivity contribution is -0.143. The summed E-state index contributed by atoms with van der Waals surface area (Å²) in [6.07, 6.45) is 0.714. The summed E-state index contributed by atoms with van der Waals surface area (Å²) in [5, 5.41) is 8.59. The second-order valence-corrected chi connectivity index (χ2v) is 4.33. The number of ether oxygens (including phenoxy) is 1. The summed E-state index contributed by atoms with van der Waals surface area (Å²) in [7, 11) is 2.77. The first-order chi connectivity index (χ1) is 9.43. The van der Waals surface area contributed by atoms with Crippen molar-refractivity contribution in [1.82, 2.24) is 4.90 Å². The van der Waals surface area contributed by atoms with Crippen molar-refractivity contribution in [2.75, 3.05) is 20.7 Å². The maximum absolute atomic E-state index is 11.7. The second-order valence-electron chi connectivity index (χ2n) is 4.33. The Morgan fingerprint density at radius 3 is 2.30 bits per heavy atom. The molecular formula is C14H17NO5. The molecule has 0 aliphatic rings. The largest absolute Gasteiger partial charge is 0.480 e. The van der Waals surface area contributed by atoms with Crippen molar-refractivity contribution in [1.29, 1.82) is 0 Å². The van der Waals surface area contributed by atoms with Crippen molar-refractivity contribution in [3.8, 4) is 0 Å². The molecule has 0 spiro atoms. The summed E-state index contributed by atoms with van der Waals surface area (Å²) in [5.74, 6) is -1.68. The number of likely N-dealkylation sites (N-methyl/N-ethyl adjacent to an activating group) is 1. The number of carbonyl (C=O) groups is 3. The zero-order valence-electron chi connectivity index (χ0n) is 11.5. The first-order valence-corrected chi connectivity index (χ1v) is 6.07. The van der Waals surface area contributed by atoms with E-state index in [0.29, 0.717) is 12.0 Å². The van der Waals surface area contributed by atoms with Crippen LogP contribution in [0.1, 0.15) is 22.3 Å². The van der Waals surface area contributed by atoms with E-state index in [0.717, 1.165) is 5.56 Å². The summed E-state index contributed by atoms with van der Waals surface area (Å²) in [6, 6.07) is 6.76. The van der Waals surface area contributed by atoms with Crippen molar-refractivity contribution in [2.24, 2.45) is 0 Å². The van der Waals surface area contributed by atoms with Crippen molar-refractivity contribution in [2.45, 2.75) is 12.8 Å². The van der Waals surface area contributed by atoms with Crippen molar-refractivity contribution >= 4 is 17.8 Å². The van der Waals surface area contributed by atoms with Crippen molar-refractivity contribution < 1.29 is 24.2 Å². The fourth-order valence-electron chi connectivity index (χ4n) is 1.66. The molecule has 0 saturated heterocycles. The van der Waals surface area contributed by atoms with Gasteiger partial charge in [-0.2, -0.15) is 0 Å². The SMILES string of the molecule is COC(=O)c1ccc(CCC(=O)N(C)CC(=O)O)cc1. The number of carbonyl (C=O) groups excluding carboxylic acids is 2. The Morgan fingerprint density at radius 1 is 1.20 bits per heavy atom. The lowest BCUT2D eigenvalue weighted by Crippen LogP contribution is -2.32. The van der Waals surface area contributed by atoms with E-state index < -0.39 is 11.9 Å². The fourth-order valence-corrected chi connectivity index (χ4v) is 1.66. The Morgan fingerprint density at radius 2 is 1.80 bits per heavy atom. The van der Waals surface area contributed by atoms with Crippen LogP contribution in [-0.4, -0.2) is 48.6 Å². The molecule has 1 aromatic carbocycles. The van der Waals surface area contributed by atoms with E-state index in [1.807, 2.05) is 0 Å². The van der Waals surface area contributed by atoms with Gasteiger partial charge in [-0.25, -0.2) is 4.79 Å². The quantitative estimate of drug-likeness (QED) is 0.784. The van der Waals surface area contributed by atoms with Gasteiger partial charge >= 0.3 is 11.9 Å². The topological polar surface area (TPSA) is 83.9 Å². The fraction of sp³-hybridized carbons (Fsp3) is 0.357. The summed E-state index contributed by atoms with van der Waals surface area (Å²) in [4.78, 5) is 34.6. The van der Waals surface area contributed by atoms with Gasteiger partial charge in [0.05, 0.1) is 12.7 Å². The smallest absolute Gasteiger partial charge is 0.337 e. The normalized spacial score (nSPS) is 9.90. The maximum Gasteiger partial charge on any atom is 0.337 e. The molecule has 0 fully saturated rings. The molecule has 1 amide bonds. The summed E-state index contributed by atoms with van der Waals surface area (Å²) < 4.78 is 4.59. The number of hydrogen-bond acceptors (Lipinski definition) is 4. The van der Waals surface area contributed by atoms with Gasteiger partial charge in [-0.15, -0.1) is 0 Å². The minimum atomic E-state index is -1.04. The van der Waals surface area contributed by atoms with E-state index in [-0.39, 0.29) is 18.9 Å². The molecule has 6 nitrogen and oxygen atoms in total. The number of aliphatic carboxylic acids is 1. The molecule has 1 N–H and O–H groups in total. The molecule has 0 aliphatic heterocycles.